The van der Waals surface area contributed by atoms with Gasteiger partial charge in [0.15, 0.2) is 6.29 Å². The van der Waals surface area contributed by atoms with Crippen LogP contribution in [-0.2, 0) is 0 Å². The minimum Gasteiger partial charge on any atom is -0.297 e. The molecule has 0 fully saturated rings. The third kappa shape index (κ3) is 1.84. The first-order valence-corrected chi connectivity index (χ1v) is 5.16. The maximum Gasteiger partial charge on any atom is 0.160 e. The zero-order valence-electron chi connectivity index (χ0n) is 7.11. The summed E-state index contributed by atoms with van der Waals surface area (Å²) in [6, 6.07) is 7.14. The van der Waals surface area contributed by atoms with Crippen molar-refractivity contribution in [3.63, 3.8) is 0 Å². The number of carbonyl (C=O) groups is 1. The topological polar surface area (TPSA) is 30.0 Å². The molecule has 0 aromatic carbocycles. The Morgan fingerprint density at radius 3 is 2.86 bits per heavy atom. The average Bonchev–Trinajstić information content (AvgIpc) is 2.66. The van der Waals surface area contributed by atoms with Crippen LogP contribution in [0.3, 0.4) is 0 Å². The fourth-order valence-corrected chi connectivity index (χ4v) is 2.04. The fraction of sp³-hybridized carbons (Fsp3) is 0. The SMILES string of the molecule is O=Cc1ccc(-c2cc(Cl)ccn2)s1. The Morgan fingerprint density at radius 2 is 2.21 bits per heavy atom. The molecule has 2 aromatic rings. The van der Waals surface area contributed by atoms with Gasteiger partial charge < -0.3 is 0 Å². The van der Waals surface area contributed by atoms with E-state index in [1.807, 2.05) is 6.07 Å². The van der Waals surface area contributed by atoms with E-state index in [2.05, 4.69) is 4.98 Å². The summed E-state index contributed by atoms with van der Waals surface area (Å²) >= 11 is 7.24. The Kier molecular flexibility index (Phi) is 2.61. The number of aldehydes is 1. The van der Waals surface area contributed by atoms with Gasteiger partial charge in [0.2, 0.25) is 0 Å². The molecular weight excluding hydrogens is 218 g/mol. The van der Waals surface area contributed by atoms with E-state index in [1.165, 1.54) is 11.3 Å². The standard InChI is InChI=1S/C10H6ClNOS/c11-7-3-4-12-9(5-7)10-2-1-8(6-13)14-10/h1-6H. The van der Waals surface area contributed by atoms with E-state index in [0.717, 1.165) is 16.9 Å². The van der Waals surface area contributed by atoms with Gasteiger partial charge in [-0.15, -0.1) is 11.3 Å². The Balaban J connectivity index is 2.43. The lowest BCUT2D eigenvalue weighted by molar-refractivity contribution is 0.112. The van der Waals surface area contributed by atoms with Crippen molar-refractivity contribution in [2.45, 2.75) is 0 Å². The van der Waals surface area contributed by atoms with Crippen LogP contribution < -0.4 is 0 Å². The van der Waals surface area contributed by atoms with Gasteiger partial charge in [0, 0.05) is 11.2 Å². The van der Waals surface area contributed by atoms with Crippen molar-refractivity contribution in [2.24, 2.45) is 0 Å². The number of carbonyl (C=O) groups excluding carboxylic acids is 1. The summed E-state index contributed by atoms with van der Waals surface area (Å²) in [5.74, 6) is 0. The maximum atomic E-state index is 10.5. The van der Waals surface area contributed by atoms with Crippen molar-refractivity contribution in [1.82, 2.24) is 4.98 Å². The lowest BCUT2D eigenvalue weighted by atomic mass is 10.3. The molecule has 0 aliphatic heterocycles. The molecule has 0 aliphatic rings. The molecule has 0 N–H and O–H groups in total. The summed E-state index contributed by atoms with van der Waals surface area (Å²) in [4.78, 5) is 16.3. The van der Waals surface area contributed by atoms with Gasteiger partial charge >= 0.3 is 0 Å². The molecule has 0 spiro atoms. The number of hydrogen-bond donors (Lipinski definition) is 0. The smallest absolute Gasteiger partial charge is 0.160 e. The second-order valence-electron chi connectivity index (χ2n) is 2.68. The molecule has 4 heteroatoms. The molecule has 2 nitrogen and oxygen atoms in total. The summed E-state index contributed by atoms with van der Waals surface area (Å²) < 4.78 is 0. The third-order valence-electron chi connectivity index (χ3n) is 1.72. The second kappa shape index (κ2) is 3.90. The molecule has 2 heterocycles. The monoisotopic (exact) mass is 223 g/mol. The van der Waals surface area contributed by atoms with Gasteiger partial charge in [-0.05, 0) is 24.3 Å². The van der Waals surface area contributed by atoms with Crippen molar-refractivity contribution < 1.29 is 4.79 Å². The number of rotatable bonds is 2. The second-order valence-corrected chi connectivity index (χ2v) is 4.23. The average molecular weight is 224 g/mol. The van der Waals surface area contributed by atoms with E-state index in [0.29, 0.717) is 9.90 Å². The van der Waals surface area contributed by atoms with Crippen LogP contribution in [0.2, 0.25) is 5.02 Å². The van der Waals surface area contributed by atoms with Gasteiger partial charge in [0.25, 0.3) is 0 Å². The molecule has 0 atom stereocenters. The Morgan fingerprint density at radius 1 is 1.36 bits per heavy atom. The van der Waals surface area contributed by atoms with Crippen LogP contribution in [0.1, 0.15) is 9.67 Å². The van der Waals surface area contributed by atoms with E-state index in [-0.39, 0.29) is 0 Å². The maximum absolute atomic E-state index is 10.5. The van der Waals surface area contributed by atoms with E-state index < -0.39 is 0 Å². The number of pyridine rings is 1. The van der Waals surface area contributed by atoms with Crippen LogP contribution >= 0.6 is 22.9 Å². The molecule has 2 rings (SSSR count). The first-order valence-electron chi connectivity index (χ1n) is 3.96. The Labute approximate surface area is 90.2 Å². The quantitative estimate of drug-likeness (QED) is 0.732. The normalized spacial score (nSPS) is 10.1. The minimum absolute atomic E-state index is 0.649. The predicted octanol–water partition coefficient (Wildman–Crippen LogP) is 3.28. The van der Waals surface area contributed by atoms with E-state index in [9.17, 15) is 4.79 Å². The molecule has 0 aliphatic carbocycles. The first kappa shape index (κ1) is 9.37. The van der Waals surface area contributed by atoms with Crippen LogP contribution in [0.15, 0.2) is 30.5 Å². The van der Waals surface area contributed by atoms with Gasteiger partial charge in [0.05, 0.1) is 15.4 Å². The molecule has 0 radical (unpaired) electrons. The molecule has 14 heavy (non-hydrogen) atoms. The van der Waals surface area contributed by atoms with Crippen molar-refractivity contribution in [3.8, 4) is 10.6 Å². The van der Waals surface area contributed by atoms with Gasteiger partial charge in [-0.3, -0.25) is 9.78 Å². The number of nitrogens with zero attached hydrogens (tertiary/aromatic N) is 1. The number of halogens is 1. The summed E-state index contributed by atoms with van der Waals surface area (Å²) in [6.07, 6.45) is 2.48. The van der Waals surface area contributed by atoms with Gasteiger partial charge in [-0.1, -0.05) is 11.6 Å². The molecule has 0 amide bonds. The molecule has 0 unspecified atom stereocenters. The number of aromatic nitrogens is 1. The highest BCUT2D eigenvalue weighted by Crippen LogP contribution is 2.26. The Bertz CT molecular complexity index is 467. The highest BCUT2D eigenvalue weighted by Gasteiger charge is 2.03. The van der Waals surface area contributed by atoms with Gasteiger partial charge in [-0.25, -0.2) is 0 Å². The molecule has 0 saturated heterocycles. The van der Waals surface area contributed by atoms with Crippen LogP contribution in [0, 0.1) is 0 Å². The minimum atomic E-state index is 0.649. The first-order chi connectivity index (χ1) is 6.79. The van der Waals surface area contributed by atoms with Crippen LogP contribution in [0.25, 0.3) is 10.6 Å². The summed E-state index contributed by atoms with van der Waals surface area (Å²) in [7, 11) is 0. The van der Waals surface area contributed by atoms with Crippen molar-refractivity contribution in [2.75, 3.05) is 0 Å². The van der Waals surface area contributed by atoms with E-state index in [4.69, 9.17) is 11.6 Å². The van der Waals surface area contributed by atoms with Crippen molar-refractivity contribution >= 4 is 29.2 Å². The van der Waals surface area contributed by atoms with Crippen LogP contribution in [0.4, 0.5) is 0 Å². The molecule has 70 valence electrons. The van der Waals surface area contributed by atoms with Gasteiger partial charge in [0.1, 0.15) is 0 Å². The molecule has 0 saturated carbocycles. The van der Waals surface area contributed by atoms with Crippen molar-refractivity contribution in [1.29, 1.82) is 0 Å². The van der Waals surface area contributed by atoms with E-state index >= 15 is 0 Å². The van der Waals surface area contributed by atoms with Crippen LogP contribution in [-0.4, -0.2) is 11.3 Å². The van der Waals surface area contributed by atoms with E-state index in [1.54, 1.807) is 24.4 Å². The summed E-state index contributed by atoms with van der Waals surface area (Å²) in [5.41, 5.74) is 0.801. The lowest BCUT2D eigenvalue weighted by Crippen LogP contribution is -1.77. The van der Waals surface area contributed by atoms with Crippen molar-refractivity contribution in [3.05, 3.63) is 40.4 Å². The highest BCUT2D eigenvalue weighted by molar-refractivity contribution is 7.17. The van der Waals surface area contributed by atoms with Gasteiger partial charge in [-0.2, -0.15) is 0 Å². The third-order valence-corrected chi connectivity index (χ3v) is 2.99. The highest BCUT2D eigenvalue weighted by atomic mass is 35.5. The number of thiophene rings is 1. The lowest BCUT2D eigenvalue weighted by Gasteiger charge is -1.95. The number of hydrogen-bond acceptors (Lipinski definition) is 3. The zero-order chi connectivity index (χ0) is 9.97. The summed E-state index contributed by atoms with van der Waals surface area (Å²) in [6.45, 7) is 0. The largest absolute Gasteiger partial charge is 0.297 e. The zero-order valence-corrected chi connectivity index (χ0v) is 8.68. The molecular formula is C10H6ClNOS. The molecule has 0 bridgehead atoms. The Hall–Kier alpha value is -1.19. The molecule has 2 aromatic heterocycles. The fourth-order valence-electron chi connectivity index (χ4n) is 1.09. The summed E-state index contributed by atoms with van der Waals surface area (Å²) in [5, 5.41) is 0.649. The van der Waals surface area contributed by atoms with Crippen LogP contribution in [0.5, 0.6) is 0 Å². The predicted molar refractivity (Wildman–Crippen MR) is 57.9 cm³/mol.